The lowest BCUT2D eigenvalue weighted by Gasteiger charge is -2.30. The fourth-order valence-corrected chi connectivity index (χ4v) is 4.83. The van der Waals surface area contributed by atoms with E-state index in [0.29, 0.717) is 6.54 Å². The first-order chi connectivity index (χ1) is 12.1. The van der Waals surface area contributed by atoms with Crippen LogP contribution in [0.25, 0.3) is 0 Å². The van der Waals surface area contributed by atoms with Crippen molar-refractivity contribution in [1.82, 2.24) is 0 Å². The van der Waals surface area contributed by atoms with Crippen LogP contribution in [0.15, 0.2) is 30.3 Å². The molecule has 0 bridgehead atoms. The van der Waals surface area contributed by atoms with Crippen molar-refractivity contribution in [2.75, 3.05) is 32.2 Å². The lowest BCUT2D eigenvalue weighted by atomic mass is 10.1. The number of hydrogen-bond acceptors (Lipinski definition) is 5. The van der Waals surface area contributed by atoms with Crippen LogP contribution < -0.4 is 4.90 Å². The van der Waals surface area contributed by atoms with Gasteiger partial charge in [0.2, 0.25) is 8.32 Å². The van der Waals surface area contributed by atoms with E-state index in [1.54, 1.807) is 14.2 Å². The molecule has 7 heteroatoms. The summed E-state index contributed by atoms with van der Waals surface area (Å²) in [6.45, 7) is 11.6. The molecule has 0 aromatic heterocycles. The lowest BCUT2D eigenvalue weighted by Crippen LogP contribution is -2.39. The molecule has 1 atom stereocenters. The number of carbonyl (C=O) groups excluding carboxylic acids is 1. The SMILES string of the molecule is CO[Si](C)(CCCN(CC(C)C(=O)O[Si](C)(C)C)c1ccccc1)OC. The largest absolute Gasteiger partial charge is 0.520 e. The number of hydrogen-bond donors (Lipinski definition) is 0. The van der Waals surface area contributed by atoms with Gasteiger partial charge in [-0.05, 0) is 50.8 Å². The van der Waals surface area contributed by atoms with Crippen LogP contribution in [0.1, 0.15) is 13.3 Å². The van der Waals surface area contributed by atoms with Gasteiger partial charge in [-0.15, -0.1) is 0 Å². The highest BCUT2D eigenvalue weighted by molar-refractivity contribution is 6.71. The standard InChI is InChI=1S/C19H35NO4Si2/c1-17(19(21)24-25(4,5)6)16-20(18-12-9-8-10-13-18)14-11-15-26(7,22-2)23-3/h8-10,12-13,17H,11,14-16H2,1-7H3. The van der Waals surface area contributed by atoms with Gasteiger partial charge in [0, 0.05) is 33.0 Å². The molecule has 0 aliphatic carbocycles. The van der Waals surface area contributed by atoms with E-state index in [9.17, 15) is 4.79 Å². The number of anilines is 1. The second-order valence-electron chi connectivity index (χ2n) is 7.86. The van der Waals surface area contributed by atoms with E-state index >= 15 is 0 Å². The first-order valence-corrected chi connectivity index (χ1v) is 15.2. The molecule has 1 aromatic carbocycles. The molecule has 1 unspecified atom stereocenters. The Hall–Kier alpha value is -1.16. The fraction of sp³-hybridized carbons (Fsp3) is 0.632. The van der Waals surface area contributed by atoms with Crippen molar-refractivity contribution in [3.63, 3.8) is 0 Å². The van der Waals surface area contributed by atoms with Crippen molar-refractivity contribution in [2.24, 2.45) is 5.92 Å². The van der Waals surface area contributed by atoms with Crippen LogP contribution >= 0.6 is 0 Å². The minimum atomic E-state index is -2.07. The third kappa shape index (κ3) is 8.03. The van der Waals surface area contributed by atoms with E-state index in [0.717, 1.165) is 24.7 Å². The summed E-state index contributed by atoms with van der Waals surface area (Å²) < 4.78 is 16.8. The molecule has 0 fully saturated rings. The predicted octanol–water partition coefficient (Wildman–Crippen LogP) is 4.26. The number of benzene rings is 1. The van der Waals surface area contributed by atoms with Gasteiger partial charge in [-0.2, -0.15) is 0 Å². The Balaban J connectivity index is 2.76. The van der Waals surface area contributed by atoms with Gasteiger partial charge in [0.25, 0.3) is 5.97 Å². The maximum absolute atomic E-state index is 12.4. The van der Waals surface area contributed by atoms with Gasteiger partial charge in [0.05, 0.1) is 5.92 Å². The highest BCUT2D eigenvalue weighted by Gasteiger charge is 2.29. The van der Waals surface area contributed by atoms with Crippen molar-refractivity contribution in [3.8, 4) is 0 Å². The molecule has 1 aromatic rings. The first-order valence-electron chi connectivity index (χ1n) is 9.23. The van der Waals surface area contributed by atoms with E-state index < -0.39 is 16.9 Å². The normalized spacial score (nSPS) is 13.3. The Labute approximate surface area is 161 Å². The molecule has 1 rings (SSSR count). The second-order valence-corrected chi connectivity index (χ2v) is 15.9. The van der Waals surface area contributed by atoms with Gasteiger partial charge < -0.3 is 18.2 Å². The minimum Gasteiger partial charge on any atom is -0.520 e. The Kier molecular flexibility index (Phi) is 9.02. The molecule has 0 spiro atoms. The summed E-state index contributed by atoms with van der Waals surface area (Å²) in [6, 6.07) is 11.1. The smallest absolute Gasteiger partial charge is 0.334 e. The summed E-state index contributed by atoms with van der Waals surface area (Å²) in [6.07, 6.45) is 0.953. The van der Waals surface area contributed by atoms with Gasteiger partial charge >= 0.3 is 8.56 Å². The summed E-state index contributed by atoms with van der Waals surface area (Å²) in [5.74, 6) is -0.270. The average Bonchev–Trinajstić information content (AvgIpc) is 2.59. The van der Waals surface area contributed by atoms with Crippen molar-refractivity contribution in [2.45, 2.75) is 45.6 Å². The Morgan fingerprint density at radius 3 is 2.15 bits per heavy atom. The number of rotatable bonds is 11. The Morgan fingerprint density at radius 2 is 1.65 bits per heavy atom. The van der Waals surface area contributed by atoms with Crippen molar-refractivity contribution in [1.29, 1.82) is 0 Å². The zero-order valence-electron chi connectivity index (χ0n) is 17.4. The van der Waals surface area contributed by atoms with Crippen LogP contribution in [-0.4, -0.2) is 50.2 Å². The van der Waals surface area contributed by atoms with E-state index in [1.807, 2.05) is 44.8 Å². The molecule has 0 heterocycles. The van der Waals surface area contributed by atoms with Crippen molar-refractivity contribution < 1.29 is 18.1 Å². The van der Waals surface area contributed by atoms with Gasteiger partial charge in [0.1, 0.15) is 0 Å². The van der Waals surface area contributed by atoms with Crippen LogP contribution in [0.2, 0.25) is 32.2 Å². The Morgan fingerprint density at radius 1 is 1.08 bits per heavy atom. The zero-order chi connectivity index (χ0) is 19.8. The highest BCUT2D eigenvalue weighted by atomic mass is 28.4. The molecule has 0 saturated heterocycles. The molecule has 0 amide bonds. The lowest BCUT2D eigenvalue weighted by molar-refractivity contribution is -0.138. The molecule has 0 saturated carbocycles. The summed E-state index contributed by atoms with van der Waals surface area (Å²) in [5, 5.41) is 0. The van der Waals surface area contributed by atoms with E-state index in [1.165, 1.54) is 0 Å². The predicted molar refractivity (Wildman–Crippen MR) is 112 cm³/mol. The zero-order valence-corrected chi connectivity index (χ0v) is 19.4. The topological polar surface area (TPSA) is 48.0 Å². The maximum Gasteiger partial charge on any atom is 0.334 e. The molecule has 0 aliphatic rings. The summed E-state index contributed by atoms with van der Waals surface area (Å²) in [7, 11) is -0.498. The number of para-hydroxylation sites is 1. The average molecular weight is 398 g/mol. The third-order valence-corrected chi connectivity index (χ3v) is 8.15. The van der Waals surface area contributed by atoms with Crippen molar-refractivity contribution in [3.05, 3.63) is 30.3 Å². The highest BCUT2D eigenvalue weighted by Crippen LogP contribution is 2.20. The maximum atomic E-state index is 12.4. The molecule has 5 nitrogen and oxygen atoms in total. The molecule has 0 aliphatic heterocycles. The van der Waals surface area contributed by atoms with Crippen LogP contribution in [0.4, 0.5) is 5.69 Å². The summed E-state index contributed by atoms with van der Waals surface area (Å²) >= 11 is 0. The van der Waals surface area contributed by atoms with Gasteiger partial charge in [-0.25, -0.2) is 0 Å². The number of carbonyl (C=O) groups is 1. The molecule has 0 radical (unpaired) electrons. The van der Waals surface area contributed by atoms with Crippen LogP contribution in [0.3, 0.4) is 0 Å². The monoisotopic (exact) mass is 397 g/mol. The van der Waals surface area contributed by atoms with E-state index in [2.05, 4.69) is 23.6 Å². The van der Waals surface area contributed by atoms with E-state index in [-0.39, 0.29) is 11.9 Å². The van der Waals surface area contributed by atoms with Crippen LogP contribution in [0.5, 0.6) is 0 Å². The molecular formula is C19H35NO4Si2. The third-order valence-electron chi connectivity index (χ3n) is 4.35. The van der Waals surface area contributed by atoms with Gasteiger partial charge in [0.15, 0.2) is 0 Å². The Bertz CT molecular complexity index is 544. The molecule has 148 valence electrons. The molecule has 26 heavy (non-hydrogen) atoms. The summed E-state index contributed by atoms with van der Waals surface area (Å²) in [5.41, 5.74) is 1.12. The fourth-order valence-electron chi connectivity index (χ4n) is 2.65. The number of nitrogens with zero attached hydrogens (tertiary/aromatic N) is 1. The minimum absolute atomic E-state index is 0.0990. The van der Waals surface area contributed by atoms with Gasteiger partial charge in [-0.3, -0.25) is 4.79 Å². The first kappa shape index (κ1) is 22.9. The van der Waals surface area contributed by atoms with E-state index in [4.69, 9.17) is 13.3 Å². The molecule has 0 N–H and O–H groups in total. The molecular weight excluding hydrogens is 362 g/mol. The second kappa shape index (κ2) is 10.2. The summed E-state index contributed by atoms with van der Waals surface area (Å²) in [4.78, 5) is 14.7. The van der Waals surface area contributed by atoms with Crippen LogP contribution in [-0.2, 0) is 18.1 Å². The van der Waals surface area contributed by atoms with Crippen molar-refractivity contribution >= 4 is 28.5 Å². The van der Waals surface area contributed by atoms with Gasteiger partial charge in [-0.1, -0.05) is 25.1 Å². The quantitative estimate of drug-likeness (QED) is 0.522. The van der Waals surface area contributed by atoms with Crippen LogP contribution in [0, 0.1) is 5.92 Å².